The van der Waals surface area contributed by atoms with Gasteiger partial charge in [0.15, 0.2) is 6.61 Å². The van der Waals surface area contributed by atoms with Crippen LogP contribution in [-0.4, -0.2) is 20.9 Å². The number of anilines is 2. The smallest absolute Gasteiger partial charge is 0.262 e. The van der Waals surface area contributed by atoms with E-state index in [2.05, 4.69) is 26.0 Å². The molecule has 0 saturated heterocycles. The van der Waals surface area contributed by atoms with Gasteiger partial charge in [0.1, 0.15) is 5.75 Å². The summed E-state index contributed by atoms with van der Waals surface area (Å²) in [6.07, 6.45) is 0. The van der Waals surface area contributed by atoms with Gasteiger partial charge in [0.05, 0.1) is 15.6 Å². The molecule has 3 aromatic carbocycles. The molecule has 0 bridgehead atoms. The molecule has 3 aromatic rings. The number of hydrogen-bond acceptors (Lipinski definition) is 4. The first kappa shape index (κ1) is 22.1. The number of halogens is 2. The van der Waals surface area contributed by atoms with Crippen LogP contribution in [0.3, 0.4) is 0 Å². The second-order valence-corrected chi connectivity index (χ2v) is 9.32. The number of hydrogen-bond donors (Lipinski definition) is 2. The average molecular weight is 510 g/mol. The second-order valence-electron chi connectivity index (χ2n) is 6.38. The van der Waals surface area contributed by atoms with Crippen molar-refractivity contribution in [2.24, 2.45) is 0 Å². The van der Waals surface area contributed by atoms with Crippen molar-refractivity contribution < 1.29 is 17.9 Å². The molecule has 0 unspecified atom stereocenters. The Morgan fingerprint density at radius 1 is 1.07 bits per heavy atom. The number of rotatable bonds is 7. The molecule has 156 valence electrons. The molecule has 0 aliphatic heterocycles. The lowest BCUT2D eigenvalue weighted by Crippen LogP contribution is -2.20. The Labute approximate surface area is 188 Å². The molecule has 2 N–H and O–H groups in total. The number of para-hydroxylation sites is 1. The van der Waals surface area contributed by atoms with E-state index < -0.39 is 10.0 Å². The van der Waals surface area contributed by atoms with E-state index in [0.29, 0.717) is 11.4 Å². The van der Waals surface area contributed by atoms with E-state index in [1.165, 1.54) is 18.2 Å². The van der Waals surface area contributed by atoms with Crippen molar-refractivity contribution in [3.05, 3.63) is 81.8 Å². The highest BCUT2D eigenvalue weighted by Crippen LogP contribution is 2.28. The van der Waals surface area contributed by atoms with Crippen molar-refractivity contribution >= 4 is 54.8 Å². The van der Waals surface area contributed by atoms with E-state index in [1.807, 2.05) is 13.0 Å². The molecule has 0 aliphatic rings. The van der Waals surface area contributed by atoms with Crippen LogP contribution in [0.2, 0.25) is 5.02 Å². The van der Waals surface area contributed by atoms with Crippen molar-refractivity contribution in [1.82, 2.24) is 0 Å². The minimum atomic E-state index is -3.82. The van der Waals surface area contributed by atoms with Crippen molar-refractivity contribution in [3.8, 4) is 5.75 Å². The number of nitrogens with one attached hydrogen (secondary N) is 2. The van der Waals surface area contributed by atoms with Gasteiger partial charge in [-0.05, 0) is 65.3 Å². The minimum absolute atomic E-state index is 0.0157. The molecule has 0 heterocycles. The van der Waals surface area contributed by atoms with Crippen molar-refractivity contribution in [2.45, 2.75) is 11.8 Å². The maximum Gasteiger partial charge on any atom is 0.262 e. The molecule has 0 saturated carbocycles. The number of amides is 1. The zero-order chi connectivity index (χ0) is 21.7. The largest absolute Gasteiger partial charge is 0.482 e. The second kappa shape index (κ2) is 9.51. The summed E-state index contributed by atoms with van der Waals surface area (Å²) >= 11 is 9.52. The number of sulfonamides is 1. The van der Waals surface area contributed by atoms with Gasteiger partial charge in [-0.1, -0.05) is 41.4 Å². The van der Waals surface area contributed by atoms with Gasteiger partial charge >= 0.3 is 0 Å². The molecule has 0 radical (unpaired) electrons. The van der Waals surface area contributed by atoms with E-state index in [0.717, 1.165) is 10.0 Å². The predicted octanol–water partition coefficient (Wildman–Crippen LogP) is 5.23. The van der Waals surface area contributed by atoms with Crippen molar-refractivity contribution in [2.75, 3.05) is 16.6 Å². The van der Waals surface area contributed by atoms with Crippen LogP contribution in [0.1, 0.15) is 5.56 Å². The summed E-state index contributed by atoms with van der Waals surface area (Å²) in [4.78, 5) is 12.1. The normalized spacial score (nSPS) is 11.0. The van der Waals surface area contributed by atoms with Crippen molar-refractivity contribution in [1.29, 1.82) is 0 Å². The summed E-state index contributed by atoms with van der Waals surface area (Å²) in [5.41, 5.74) is 2.08. The third-order valence-electron chi connectivity index (χ3n) is 4.02. The summed E-state index contributed by atoms with van der Waals surface area (Å²) in [6, 6.07) is 18.2. The maximum atomic E-state index is 12.6. The highest BCUT2D eigenvalue weighted by molar-refractivity contribution is 9.10. The SMILES string of the molecule is Cc1ccc(NS(=O)(=O)c2ccc(OCC(=O)Nc3ccccc3Br)c(Cl)c2)cc1. The molecular weight excluding hydrogens is 492 g/mol. The molecule has 6 nitrogen and oxygen atoms in total. The zero-order valence-corrected chi connectivity index (χ0v) is 19.0. The molecule has 0 fully saturated rings. The number of carbonyl (C=O) groups is 1. The van der Waals surface area contributed by atoms with Gasteiger partial charge in [-0.15, -0.1) is 0 Å². The van der Waals surface area contributed by atoms with Gasteiger partial charge < -0.3 is 10.1 Å². The topological polar surface area (TPSA) is 84.5 Å². The molecule has 0 atom stereocenters. The summed E-state index contributed by atoms with van der Waals surface area (Å²) in [7, 11) is -3.82. The molecule has 3 rings (SSSR count). The minimum Gasteiger partial charge on any atom is -0.482 e. The quantitative estimate of drug-likeness (QED) is 0.457. The summed E-state index contributed by atoms with van der Waals surface area (Å²) in [5, 5.41) is 2.79. The predicted molar refractivity (Wildman–Crippen MR) is 122 cm³/mol. The molecule has 30 heavy (non-hydrogen) atoms. The lowest BCUT2D eigenvalue weighted by molar-refractivity contribution is -0.118. The number of carbonyl (C=O) groups excluding carboxylic acids is 1. The van der Waals surface area contributed by atoms with Gasteiger partial charge in [0.2, 0.25) is 0 Å². The molecule has 0 spiro atoms. The first-order valence-electron chi connectivity index (χ1n) is 8.81. The van der Waals surface area contributed by atoms with Crippen LogP contribution in [0.25, 0.3) is 0 Å². The number of ether oxygens (including phenoxy) is 1. The monoisotopic (exact) mass is 508 g/mol. The van der Waals surface area contributed by atoms with E-state index in [9.17, 15) is 13.2 Å². The first-order valence-corrected chi connectivity index (χ1v) is 11.5. The van der Waals surface area contributed by atoms with E-state index in [4.69, 9.17) is 16.3 Å². The maximum absolute atomic E-state index is 12.6. The Bertz CT molecular complexity index is 1170. The van der Waals surface area contributed by atoms with Gasteiger partial charge in [-0.3, -0.25) is 9.52 Å². The summed E-state index contributed by atoms with van der Waals surface area (Å²) < 4.78 is 33.8. The van der Waals surface area contributed by atoms with Gasteiger partial charge in [0, 0.05) is 10.2 Å². The van der Waals surface area contributed by atoms with Crippen LogP contribution in [0.5, 0.6) is 5.75 Å². The average Bonchev–Trinajstić information content (AvgIpc) is 2.70. The van der Waals surface area contributed by atoms with Crippen LogP contribution in [0, 0.1) is 6.92 Å². The molecule has 0 aliphatic carbocycles. The number of aryl methyl sites for hydroxylation is 1. The Morgan fingerprint density at radius 2 is 1.77 bits per heavy atom. The van der Waals surface area contributed by atoms with Gasteiger partial charge in [-0.2, -0.15) is 0 Å². The number of benzene rings is 3. The Kier molecular flexibility index (Phi) is 7.02. The highest BCUT2D eigenvalue weighted by Gasteiger charge is 2.17. The van der Waals surface area contributed by atoms with Crippen LogP contribution in [0.4, 0.5) is 11.4 Å². The standard InChI is InChI=1S/C21H18BrClN2O4S/c1-14-6-8-15(9-7-14)25-30(27,28)16-10-11-20(18(23)12-16)29-13-21(26)24-19-5-3-2-4-17(19)22/h2-12,25H,13H2,1H3,(H,24,26). The van der Waals surface area contributed by atoms with E-state index in [-0.39, 0.29) is 28.2 Å². The summed E-state index contributed by atoms with van der Waals surface area (Å²) in [6.45, 7) is 1.63. The molecule has 9 heteroatoms. The molecule has 0 aromatic heterocycles. The lowest BCUT2D eigenvalue weighted by atomic mass is 10.2. The third-order valence-corrected chi connectivity index (χ3v) is 6.39. The van der Waals surface area contributed by atoms with Crippen LogP contribution < -0.4 is 14.8 Å². The fraction of sp³-hybridized carbons (Fsp3) is 0.0952. The van der Waals surface area contributed by atoms with E-state index >= 15 is 0 Å². The fourth-order valence-corrected chi connectivity index (χ4v) is 4.26. The Hall–Kier alpha value is -2.55. The van der Waals surface area contributed by atoms with E-state index in [1.54, 1.807) is 42.5 Å². The Morgan fingerprint density at radius 3 is 2.43 bits per heavy atom. The van der Waals surface area contributed by atoms with Crippen LogP contribution in [0.15, 0.2) is 76.1 Å². The van der Waals surface area contributed by atoms with Gasteiger partial charge in [0.25, 0.3) is 15.9 Å². The highest BCUT2D eigenvalue weighted by atomic mass is 79.9. The zero-order valence-electron chi connectivity index (χ0n) is 15.9. The molecule has 1 amide bonds. The first-order chi connectivity index (χ1) is 14.2. The molecular formula is C21H18BrClN2O4S. The van der Waals surface area contributed by atoms with Crippen molar-refractivity contribution in [3.63, 3.8) is 0 Å². The Balaban J connectivity index is 1.65. The lowest BCUT2D eigenvalue weighted by Gasteiger charge is -2.12. The third kappa shape index (κ3) is 5.75. The van der Waals surface area contributed by atoms with Crippen LogP contribution >= 0.6 is 27.5 Å². The summed E-state index contributed by atoms with van der Waals surface area (Å²) in [5.74, 6) is -0.177. The fourth-order valence-electron chi connectivity index (χ4n) is 2.49. The van der Waals surface area contributed by atoms with Crippen LogP contribution in [-0.2, 0) is 14.8 Å². The van der Waals surface area contributed by atoms with Gasteiger partial charge in [-0.25, -0.2) is 8.42 Å².